The van der Waals surface area contributed by atoms with Gasteiger partial charge in [-0.25, -0.2) is 4.79 Å². The van der Waals surface area contributed by atoms with Crippen LogP contribution >= 0.6 is 0 Å². The number of rotatable bonds is 5. The first kappa shape index (κ1) is 17.4. The summed E-state index contributed by atoms with van der Waals surface area (Å²) < 4.78 is 5.29. The fourth-order valence-electron chi connectivity index (χ4n) is 4.28. The predicted octanol–water partition coefficient (Wildman–Crippen LogP) is 0.634. The van der Waals surface area contributed by atoms with Gasteiger partial charge in [0.15, 0.2) is 6.04 Å². The van der Waals surface area contributed by atoms with Gasteiger partial charge in [-0.05, 0) is 16.7 Å². The Hall–Kier alpha value is -2.00. The molecule has 4 rings (SSSR count). The molecule has 0 saturated carbocycles. The zero-order chi connectivity index (χ0) is 18.1. The summed E-state index contributed by atoms with van der Waals surface area (Å²) in [4.78, 5) is 33.2. The second kappa shape index (κ2) is 6.96. The van der Waals surface area contributed by atoms with Crippen LogP contribution in [0.25, 0.3) is 0 Å². The molecule has 140 valence electrons. The molecule has 0 aliphatic carbocycles. The molecule has 3 saturated heterocycles. The van der Waals surface area contributed by atoms with Gasteiger partial charge in [0.1, 0.15) is 12.6 Å². The van der Waals surface area contributed by atoms with Crippen molar-refractivity contribution in [3.63, 3.8) is 0 Å². The number of hydrogen-bond donors (Lipinski definition) is 1. The van der Waals surface area contributed by atoms with Gasteiger partial charge in [0.2, 0.25) is 5.91 Å². The van der Waals surface area contributed by atoms with Crippen LogP contribution in [0.2, 0.25) is 0 Å². The van der Waals surface area contributed by atoms with Crippen molar-refractivity contribution in [3.8, 4) is 0 Å². The Kier molecular flexibility index (Phi) is 4.66. The Morgan fingerprint density at radius 1 is 1.23 bits per heavy atom. The lowest BCUT2D eigenvalue weighted by Crippen LogP contribution is -2.67. The number of urea groups is 1. The van der Waals surface area contributed by atoms with Crippen molar-refractivity contribution in [2.45, 2.75) is 31.5 Å². The molecule has 3 aliphatic rings. The van der Waals surface area contributed by atoms with E-state index in [9.17, 15) is 9.59 Å². The highest BCUT2D eigenvalue weighted by Crippen LogP contribution is 2.39. The van der Waals surface area contributed by atoms with Crippen molar-refractivity contribution in [3.05, 3.63) is 35.9 Å². The molecule has 3 heterocycles. The molecule has 2 bridgehead atoms. The zero-order valence-corrected chi connectivity index (χ0v) is 14.8. The number of nitrogens with zero attached hydrogens (tertiary/aromatic N) is 3. The number of piperidine rings is 1. The molecule has 3 fully saturated rings. The maximum absolute atomic E-state index is 13.4. The van der Waals surface area contributed by atoms with Gasteiger partial charge in [0, 0.05) is 6.42 Å². The average Bonchev–Trinajstić information content (AvgIpc) is 2.89. The molecular formula is C18H25N4O4+. The van der Waals surface area contributed by atoms with Gasteiger partial charge < -0.3 is 10.5 Å². The quantitative estimate of drug-likeness (QED) is 0.778. The molecule has 3 atom stereocenters. The highest BCUT2D eigenvalue weighted by Gasteiger charge is 2.65. The summed E-state index contributed by atoms with van der Waals surface area (Å²) >= 11 is 0. The summed E-state index contributed by atoms with van der Waals surface area (Å²) in [6.45, 7) is 3.19. The molecule has 1 aromatic carbocycles. The van der Waals surface area contributed by atoms with E-state index in [1.165, 1.54) is 0 Å². The first-order chi connectivity index (χ1) is 12.6. The summed E-state index contributed by atoms with van der Waals surface area (Å²) in [5.41, 5.74) is 6.54. The number of primary amides is 1. The number of ether oxygens (including phenoxy) is 1. The fourth-order valence-corrected chi connectivity index (χ4v) is 4.28. The summed E-state index contributed by atoms with van der Waals surface area (Å²) in [6.07, 6.45) is 1.31. The average molecular weight is 361 g/mol. The Morgan fingerprint density at radius 2 is 1.96 bits per heavy atom. The molecule has 0 aromatic heterocycles. The molecule has 2 N–H and O–H groups in total. The number of hydrogen-bond acceptors (Lipinski definition) is 5. The Bertz CT molecular complexity index is 679. The van der Waals surface area contributed by atoms with E-state index in [1.807, 2.05) is 35.3 Å². The standard InChI is InChI=1S/C18H24N4O4/c19-17(23)16-7-6-15-12-21(16)18(24)22(15,20-8-10-25-11-9-20)26-13-14-4-2-1-3-5-14/h1-5,15-16H,6-13H2,(H-,19,23)/p+1/t15-,16+,22?/m1/s1. The van der Waals surface area contributed by atoms with Gasteiger partial charge in [-0.15, -0.1) is 5.01 Å². The molecule has 8 nitrogen and oxygen atoms in total. The molecule has 3 amide bonds. The number of fused-ring (bicyclic) bond motifs is 2. The van der Waals surface area contributed by atoms with Gasteiger partial charge in [0.25, 0.3) is 0 Å². The smallest absolute Gasteiger partial charge is 0.378 e. The number of amides is 3. The van der Waals surface area contributed by atoms with Gasteiger partial charge in [-0.2, -0.15) is 4.84 Å². The van der Waals surface area contributed by atoms with Crippen LogP contribution in [0.15, 0.2) is 30.3 Å². The number of morpholine rings is 1. The number of carbonyl (C=O) groups is 2. The normalized spacial score (nSPS) is 32.0. The second-order valence-corrected chi connectivity index (χ2v) is 7.03. The fraction of sp³-hybridized carbons (Fsp3) is 0.556. The molecular weight excluding hydrogens is 336 g/mol. The van der Waals surface area contributed by atoms with Crippen LogP contribution in [0, 0.1) is 0 Å². The number of hydroxylamine groups is 2. The largest absolute Gasteiger partial charge is 0.473 e. The van der Waals surface area contributed by atoms with Gasteiger partial charge in [-0.3, -0.25) is 9.69 Å². The summed E-state index contributed by atoms with van der Waals surface area (Å²) in [7, 11) is 0. The van der Waals surface area contributed by atoms with Crippen LogP contribution < -0.4 is 5.73 Å². The summed E-state index contributed by atoms with van der Waals surface area (Å²) in [5.74, 6) is -0.443. The Morgan fingerprint density at radius 3 is 2.65 bits per heavy atom. The maximum Gasteiger partial charge on any atom is 0.473 e. The highest BCUT2D eigenvalue weighted by atomic mass is 16.8. The summed E-state index contributed by atoms with van der Waals surface area (Å²) in [5, 5.41) is 2.04. The third-order valence-corrected chi connectivity index (χ3v) is 5.58. The lowest BCUT2D eigenvalue weighted by molar-refractivity contribution is -1.14. The molecule has 3 aliphatic heterocycles. The van der Waals surface area contributed by atoms with Crippen molar-refractivity contribution >= 4 is 11.9 Å². The minimum Gasteiger partial charge on any atom is -0.378 e. The van der Waals surface area contributed by atoms with Gasteiger partial charge in [0.05, 0.1) is 32.8 Å². The minimum absolute atomic E-state index is 0.0279. The molecule has 0 spiro atoms. The predicted molar refractivity (Wildman–Crippen MR) is 92.0 cm³/mol. The number of nitrogens with two attached hydrogens (primary N) is 1. The molecule has 26 heavy (non-hydrogen) atoms. The number of carbonyl (C=O) groups excluding carboxylic acids is 2. The van der Waals surface area contributed by atoms with Crippen LogP contribution in [-0.2, 0) is 21.0 Å². The van der Waals surface area contributed by atoms with E-state index in [1.54, 1.807) is 4.90 Å². The number of quaternary nitrogens is 1. The van der Waals surface area contributed by atoms with Crippen molar-refractivity contribution in [2.24, 2.45) is 5.73 Å². The van der Waals surface area contributed by atoms with E-state index in [0.29, 0.717) is 45.9 Å². The molecule has 0 radical (unpaired) electrons. The Labute approximate surface area is 152 Å². The van der Waals surface area contributed by atoms with Crippen molar-refractivity contribution in [1.82, 2.24) is 9.91 Å². The van der Waals surface area contributed by atoms with E-state index in [-0.39, 0.29) is 16.8 Å². The van der Waals surface area contributed by atoms with Crippen molar-refractivity contribution in [2.75, 3.05) is 32.8 Å². The zero-order valence-electron chi connectivity index (χ0n) is 14.8. The van der Waals surface area contributed by atoms with Crippen molar-refractivity contribution < 1.29 is 23.9 Å². The summed E-state index contributed by atoms with van der Waals surface area (Å²) in [6, 6.07) is 9.06. The van der Waals surface area contributed by atoms with E-state index in [0.717, 1.165) is 12.0 Å². The van der Waals surface area contributed by atoms with Gasteiger partial charge in [-0.1, -0.05) is 30.3 Å². The van der Waals surface area contributed by atoms with Gasteiger partial charge >= 0.3 is 6.03 Å². The van der Waals surface area contributed by atoms with E-state index >= 15 is 0 Å². The third kappa shape index (κ3) is 2.79. The monoisotopic (exact) mass is 361 g/mol. The highest BCUT2D eigenvalue weighted by molar-refractivity contribution is 5.85. The number of benzene rings is 1. The molecule has 1 unspecified atom stereocenters. The van der Waals surface area contributed by atoms with Crippen molar-refractivity contribution in [1.29, 1.82) is 0 Å². The second-order valence-electron chi connectivity index (χ2n) is 7.03. The first-order valence-corrected chi connectivity index (χ1v) is 9.14. The van der Waals surface area contributed by atoms with Crippen LogP contribution in [0.1, 0.15) is 18.4 Å². The topological polar surface area (TPSA) is 85.1 Å². The lowest BCUT2D eigenvalue weighted by Gasteiger charge is -2.41. The van der Waals surface area contributed by atoms with Crippen LogP contribution in [0.5, 0.6) is 0 Å². The van der Waals surface area contributed by atoms with Crippen LogP contribution in [-0.4, -0.2) is 71.5 Å². The van der Waals surface area contributed by atoms with E-state index in [2.05, 4.69) is 0 Å². The molecule has 1 aromatic rings. The van der Waals surface area contributed by atoms with E-state index in [4.69, 9.17) is 15.3 Å². The van der Waals surface area contributed by atoms with Crippen LogP contribution in [0.3, 0.4) is 0 Å². The molecule has 8 heteroatoms. The SMILES string of the molecule is NC(=O)[C@@H]1CC[C@@H]2CN1C(=O)[N+]2(OCc1ccccc1)N1CCOCC1. The van der Waals surface area contributed by atoms with E-state index < -0.39 is 11.9 Å². The first-order valence-electron chi connectivity index (χ1n) is 9.14. The Balaban J connectivity index is 1.65. The minimum atomic E-state index is -0.542. The van der Waals surface area contributed by atoms with Crippen LogP contribution in [0.4, 0.5) is 4.79 Å². The third-order valence-electron chi connectivity index (χ3n) is 5.58. The lowest BCUT2D eigenvalue weighted by atomic mass is 10.0. The maximum atomic E-state index is 13.4.